The largest absolute Gasteiger partial charge is 0.469 e. The van der Waals surface area contributed by atoms with Gasteiger partial charge in [-0.25, -0.2) is 0 Å². The maximum Gasteiger partial charge on any atom is 0.305 e. The molecule has 2 N–H and O–H groups in total. The van der Waals surface area contributed by atoms with E-state index in [2.05, 4.69) is 4.74 Å². The van der Waals surface area contributed by atoms with Crippen molar-refractivity contribution < 1.29 is 9.53 Å². The standard InChI is InChI=1S/C17H35NO2/c1-20-17(19)15-13-11-9-7-5-3-2-4-6-8-10-12-14-16-18/h2-16,18H2,1H3. The van der Waals surface area contributed by atoms with Crippen LogP contribution < -0.4 is 5.73 Å². The summed E-state index contributed by atoms with van der Waals surface area (Å²) in [6.45, 7) is 0.847. The first-order valence-corrected chi connectivity index (χ1v) is 8.58. The van der Waals surface area contributed by atoms with Gasteiger partial charge in [-0.2, -0.15) is 0 Å². The summed E-state index contributed by atoms with van der Waals surface area (Å²) < 4.78 is 4.62. The molecule has 0 aliphatic carbocycles. The Bertz CT molecular complexity index is 207. The molecule has 120 valence electrons. The molecular weight excluding hydrogens is 250 g/mol. The third kappa shape index (κ3) is 15.5. The second-order valence-electron chi connectivity index (χ2n) is 5.71. The molecule has 0 bridgehead atoms. The molecule has 0 heterocycles. The number of rotatable bonds is 15. The lowest BCUT2D eigenvalue weighted by Gasteiger charge is -2.03. The van der Waals surface area contributed by atoms with E-state index in [9.17, 15) is 4.79 Å². The first kappa shape index (κ1) is 19.4. The zero-order chi connectivity index (χ0) is 14.9. The Balaban J connectivity index is 2.97. The molecule has 3 nitrogen and oxygen atoms in total. The van der Waals surface area contributed by atoms with Gasteiger partial charge in [-0.1, -0.05) is 70.6 Å². The molecule has 0 aliphatic rings. The van der Waals surface area contributed by atoms with Crippen LogP contribution in [0.1, 0.15) is 89.9 Å². The molecule has 0 aromatic heterocycles. The normalized spacial score (nSPS) is 10.7. The van der Waals surface area contributed by atoms with Gasteiger partial charge in [0.2, 0.25) is 0 Å². The third-order valence-corrected chi connectivity index (χ3v) is 3.81. The number of ether oxygens (including phenoxy) is 1. The highest BCUT2D eigenvalue weighted by Gasteiger charge is 1.99. The lowest BCUT2D eigenvalue weighted by molar-refractivity contribution is -0.140. The predicted molar refractivity (Wildman–Crippen MR) is 85.7 cm³/mol. The fourth-order valence-corrected chi connectivity index (χ4v) is 2.46. The molecule has 0 radical (unpaired) electrons. The van der Waals surface area contributed by atoms with E-state index in [-0.39, 0.29) is 5.97 Å². The summed E-state index contributed by atoms with van der Waals surface area (Å²) >= 11 is 0. The van der Waals surface area contributed by atoms with Crippen LogP contribution in [0.4, 0.5) is 0 Å². The average Bonchev–Trinajstić information content (AvgIpc) is 2.47. The van der Waals surface area contributed by atoms with Gasteiger partial charge in [-0.3, -0.25) is 4.79 Å². The highest BCUT2D eigenvalue weighted by molar-refractivity contribution is 5.68. The summed E-state index contributed by atoms with van der Waals surface area (Å²) in [6, 6.07) is 0. The van der Waals surface area contributed by atoms with E-state index in [0.29, 0.717) is 6.42 Å². The molecule has 0 aromatic rings. The SMILES string of the molecule is COC(=O)CCCCCCCCCCCCCCCN. The Morgan fingerprint density at radius 2 is 1.05 bits per heavy atom. The average molecular weight is 285 g/mol. The van der Waals surface area contributed by atoms with Gasteiger partial charge in [0.05, 0.1) is 7.11 Å². The fraction of sp³-hybridized carbons (Fsp3) is 0.941. The minimum Gasteiger partial charge on any atom is -0.469 e. The van der Waals surface area contributed by atoms with Crippen LogP contribution in [0.3, 0.4) is 0 Å². The first-order chi connectivity index (χ1) is 9.81. The minimum absolute atomic E-state index is 0.0727. The van der Waals surface area contributed by atoms with Crippen molar-refractivity contribution in [1.82, 2.24) is 0 Å². The summed E-state index contributed by atoms with van der Waals surface area (Å²) in [6.07, 6.45) is 17.4. The quantitative estimate of drug-likeness (QED) is 0.354. The van der Waals surface area contributed by atoms with E-state index in [1.165, 1.54) is 77.7 Å². The number of hydrogen-bond donors (Lipinski definition) is 1. The molecule has 0 atom stereocenters. The summed E-state index contributed by atoms with van der Waals surface area (Å²) in [5.41, 5.74) is 5.47. The molecule has 0 aromatic carbocycles. The Hall–Kier alpha value is -0.570. The Labute approximate surface area is 125 Å². The topological polar surface area (TPSA) is 52.3 Å². The van der Waals surface area contributed by atoms with Crippen LogP contribution in [0, 0.1) is 0 Å². The fourth-order valence-electron chi connectivity index (χ4n) is 2.46. The van der Waals surface area contributed by atoms with Gasteiger partial charge in [0.25, 0.3) is 0 Å². The molecule has 0 saturated carbocycles. The summed E-state index contributed by atoms with van der Waals surface area (Å²) in [7, 11) is 1.46. The molecule has 0 spiro atoms. The lowest BCUT2D eigenvalue weighted by Crippen LogP contribution is -1.99. The van der Waals surface area contributed by atoms with E-state index in [1.807, 2.05) is 0 Å². The molecule has 0 unspecified atom stereocenters. The number of esters is 1. The number of methoxy groups -OCH3 is 1. The Kier molecular flexibility index (Phi) is 16.0. The number of carbonyl (C=O) groups excluding carboxylic acids is 1. The van der Waals surface area contributed by atoms with Crippen LogP contribution in [-0.2, 0) is 9.53 Å². The van der Waals surface area contributed by atoms with Crippen LogP contribution in [0.25, 0.3) is 0 Å². The van der Waals surface area contributed by atoms with Gasteiger partial charge >= 0.3 is 5.97 Å². The van der Waals surface area contributed by atoms with Crippen molar-refractivity contribution in [3.63, 3.8) is 0 Å². The number of unbranched alkanes of at least 4 members (excludes halogenated alkanes) is 12. The van der Waals surface area contributed by atoms with Gasteiger partial charge in [0, 0.05) is 6.42 Å². The number of carbonyl (C=O) groups is 1. The molecule has 0 fully saturated rings. The molecular formula is C17H35NO2. The zero-order valence-corrected chi connectivity index (χ0v) is 13.5. The first-order valence-electron chi connectivity index (χ1n) is 8.58. The van der Waals surface area contributed by atoms with Crippen molar-refractivity contribution in [2.75, 3.05) is 13.7 Å². The van der Waals surface area contributed by atoms with E-state index in [1.54, 1.807) is 0 Å². The van der Waals surface area contributed by atoms with Crippen LogP contribution in [0.15, 0.2) is 0 Å². The maximum absolute atomic E-state index is 10.9. The molecule has 3 heteroatoms. The second kappa shape index (κ2) is 16.5. The molecule has 0 rings (SSSR count). The van der Waals surface area contributed by atoms with Gasteiger partial charge in [0.1, 0.15) is 0 Å². The molecule has 20 heavy (non-hydrogen) atoms. The lowest BCUT2D eigenvalue weighted by atomic mass is 10.0. The third-order valence-electron chi connectivity index (χ3n) is 3.81. The number of nitrogens with two attached hydrogens (primary N) is 1. The smallest absolute Gasteiger partial charge is 0.305 e. The van der Waals surface area contributed by atoms with Crippen LogP contribution in [0.2, 0.25) is 0 Å². The van der Waals surface area contributed by atoms with Gasteiger partial charge in [-0.15, -0.1) is 0 Å². The minimum atomic E-state index is -0.0727. The molecule has 0 saturated heterocycles. The maximum atomic E-state index is 10.9. The zero-order valence-electron chi connectivity index (χ0n) is 13.5. The highest BCUT2D eigenvalue weighted by atomic mass is 16.5. The predicted octanol–water partition coefficient (Wildman–Crippen LogP) is 4.58. The summed E-state index contributed by atoms with van der Waals surface area (Å²) in [5, 5.41) is 0. The Morgan fingerprint density at radius 1 is 0.700 bits per heavy atom. The van der Waals surface area contributed by atoms with Crippen molar-refractivity contribution in [1.29, 1.82) is 0 Å². The summed E-state index contributed by atoms with van der Waals surface area (Å²) in [5.74, 6) is -0.0727. The number of hydrogen-bond acceptors (Lipinski definition) is 3. The van der Waals surface area contributed by atoms with Gasteiger partial charge in [0.15, 0.2) is 0 Å². The monoisotopic (exact) mass is 285 g/mol. The van der Waals surface area contributed by atoms with Crippen LogP contribution >= 0.6 is 0 Å². The highest BCUT2D eigenvalue weighted by Crippen LogP contribution is 2.12. The van der Waals surface area contributed by atoms with E-state index >= 15 is 0 Å². The molecule has 0 aliphatic heterocycles. The second-order valence-corrected chi connectivity index (χ2v) is 5.71. The van der Waals surface area contributed by atoms with Gasteiger partial charge in [-0.05, 0) is 19.4 Å². The van der Waals surface area contributed by atoms with Crippen molar-refractivity contribution >= 4 is 5.97 Å². The van der Waals surface area contributed by atoms with E-state index in [0.717, 1.165) is 19.4 Å². The van der Waals surface area contributed by atoms with Crippen molar-refractivity contribution in [2.24, 2.45) is 5.73 Å². The van der Waals surface area contributed by atoms with Crippen LogP contribution in [0.5, 0.6) is 0 Å². The van der Waals surface area contributed by atoms with Crippen molar-refractivity contribution in [2.45, 2.75) is 89.9 Å². The van der Waals surface area contributed by atoms with Crippen molar-refractivity contribution in [3.8, 4) is 0 Å². The van der Waals surface area contributed by atoms with E-state index in [4.69, 9.17) is 5.73 Å². The van der Waals surface area contributed by atoms with Gasteiger partial charge < -0.3 is 10.5 Å². The Morgan fingerprint density at radius 3 is 1.40 bits per heavy atom. The summed E-state index contributed by atoms with van der Waals surface area (Å²) in [4.78, 5) is 10.9. The van der Waals surface area contributed by atoms with E-state index < -0.39 is 0 Å². The molecule has 0 amide bonds. The van der Waals surface area contributed by atoms with Crippen LogP contribution in [-0.4, -0.2) is 19.6 Å². The van der Waals surface area contributed by atoms with Crippen molar-refractivity contribution in [3.05, 3.63) is 0 Å².